The van der Waals surface area contributed by atoms with Crippen LogP contribution in [-0.4, -0.2) is 43.5 Å². The molecule has 0 N–H and O–H groups in total. The third-order valence-corrected chi connectivity index (χ3v) is 14.5. The van der Waals surface area contributed by atoms with E-state index in [4.69, 9.17) is 17.7 Å². The van der Waals surface area contributed by atoms with E-state index >= 15 is 0 Å². The van der Waals surface area contributed by atoms with E-state index in [1.54, 1.807) is 0 Å². The van der Waals surface area contributed by atoms with E-state index in [0.717, 1.165) is 64.2 Å². The summed E-state index contributed by atoms with van der Waals surface area (Å²) in [4.78, 5) is 0. The van der Waals surface area contributed by atoms with Crippen LogP contribution in [-0.2, 0) is 17.7 Å². The summed E-state index contributed by atoms with van der Waals surface area (Å²) < 4.78 is 26.4. The fourth-order valence-electron chi connectivity index (χ4n) is 3.17. The molecule has 0 aliphatic rings. The Bertz CT molecular complexity index is 373. The van der Waals surface area contributed by atoms with Crippen LogP contribution in [0.1, 0.15) is 74.1 Å². The lowest BCUT2D eigenvalue weighted by atomic mass is 10.5. The standard InChI is InChI=1S/C22H46O4Si2/c1-8-14-20-27(23-16-10-3,24-17-11-4)22(7)28(21-15-9-2,25-18-12-5)26-19-13-6/h8-9,14-15,22H,10-13,16-21H2,1-7H3. The summed E-state index contributed by atoms with van der Waals surface area (Å²) in [6.45, 7) is 18.0. The van der Waals surface area contributed by atoms with Crippen LogP contribution in [0.2, 0.25) is 17.3 Å². The maximum Gasteiger partial charge on any atom is 0.346 e. The molecule has 0 aromatic rings. The normalized spacial score (nSPS) is 14.4. The van der Waals surface area contributed by atoms with Gasteiger partial charge in [-0.25, -0.2) is 0 Å². The molecule has 0 rings (SSSR count). The largest absolute Gasteiger partial charge is 0.394 e. The van der Waals surface area contributed by atoms with Crippen molar-refractivity contribution in [3.05, 3.63) is 24.3 Å². The van der Waals surface area contributed by atoms with Crippen LogP contribution in [0.3, 0.4) is 0 Å². The molecule has 0 amide bonds. The maximum absolute atomic E-state index is 6.61. The third kappa shape index (κ3) is 9.05. The molecule has 0 fully saturated rings. The molecule has 0 bridgehead atoms. The average molecular weight is 431 g/mol. The van der Waals surface area contributed by atoms with Crippen molar-refractivity contribution in [2.45, 2.75) is 91.4 Å². The summed E-state index contributed by atoms with van der Waals surface area (Å²) in [5.74, 6) is 0. The van der Waals surface area contributed by atoms with Crippen LogP contribution in [0.5, 0.6) is 0 Å². The SMILES string of the molecule is CC=CC[Si](OCCC)(OCCC)C(C)[Si](CC=CC)(OCCC)OCCC. The predicted octanol–water partition coefficient (Wildman–Crippen LogP) is 6.66. The molecule has 0 aromatic heterocycles. The fraction of sp³-hybridized carbons (Fsp3) is 0.818. The highest BCUT2D eigenvalue weighted by atomic mass is 28.4. The van der Waals surface area contributed by atoms with Gasteiger partial charge in [0, 0.05) is 43.7 Å². The maximum atomic E-state index is 6.61. The lowest BCUT2D eigenvalue weighted by Gasteiger charge is -2.43. The van der Waals surface area contributed by atoms with Crippen LogP contribution in [0.25, 0.3) is 0 Å². The Morgan fingerprint density at radius 3 is 1.11 bits per heavy atom. The van der Waals surface area contributed by atoms with Crippen LogP contribution in [0, 0.1) is 0 Å². The zero-order valence-electron chi connectivity index (χ0n) is 19.6. The Morgan fingerprint density at radius 1 is 0.607 bits per heavy atom. The summed E-state index contributed by atoms with van der Waals surface area (Å²) in [5.41, 5.74) is 0. The monoisotopic (exact) mass is 430 g/mol. The predicted molar refractivity (Wildman–Crippen MR) is 125 cm³/mol. The Morgan fingerprint density at radius 2 is 0.893 bits per heavy atom. The highest BCUT2D eigenvalue weighted by Gasteiger charge is 2.57. The van der Waals surface area contributed by atoms with Crippen LogP contribution >= 0.6 is 0 Å². The topological polar surface area (TPSA) is 36.9 Å². The van der Waals surface area contributed by atoms with Gasteiger partial charge in [0.2, 0.25) is 0 Å². The van der Waals surface area contributed by atoms with E-state index in [1.807, 2.05) is 0 Å². The van der Waals surface area contributed by atoms with E-state index in [-0.39, 0.29) is 5.16 Å². The van der Waals surface area contributed by atoms with Crippen molar-refractivity contribution in [2.24, 2.45) is 0 Å². The van der Waals surface area contributed by atoms with Gasteiger partial charge in [-0.1, -0.05) is 58.9 Å². The van der Waals surface area contributed by atoms with Crippen LogP contribution in [0.15, 0.2) is 24.3 Å². The van der Waals surface area contributed by atoms with Gasteiger partial charge in [0.1, 0.15) is 0 Å². The molecule has 0 unspecified atom stereocenters. The molecule has 0 saturated heterocycles. The molecule has 28 heavy (non-hydrogen) atoms. The molecule has 0 aromatic carbocycles. The molecule has 0 spiro atoms. The van der Waals surface area contributed by atoms with Crippen LogP contribution < -0.4 is 0 Å². The van der Waals surface area contributed by atoms with Crippen molar-refractivity contribution in [1.29, 1.82) is 0 Å². The first-order valence-electron chi connectivity index (χ1n) is 11.3. The van der Waals surface area contributed by atoms with Gasteiger partial charge in [0.05, 0.1) is 0 Å². The zero-order valence-corrected chi connectivity index (χ0v) is 21.6. The Kier molecular flexibility index (Phi) is 16.4. The summed E-state index contributed by atoms with van der Waals surface area (Å²) in [7, 11) is -5.11. The highest BCUT2D eigenvalue weighted by molar-refractivity contribution is 6.88. The van der Waals surface area contributed by atoms with Crippen molar-refractivity contribution in [3.8, 4) is 0 Å². The minimum absolute atomic E-state index is 0.170. The fourth-order valence-corrected chi connectivity index (χ4v) is 13.2. The van der Waals surface area contributed by atoms with E-state index < -0.39 is 17.1 Å². The van der Waals surface area contributed by atoms with Gasteiger partial charge in [0.25, 0.3) is 0 Å². The van der Waals surface area contributed by atoms with E-state index in [0.29, 0.717) is 0 Å². The van der Waals surface area contributed by atoms with Gasteiger partial charge >= 0.3 is 17.1 Å². The molecular formula is C22H46O4Si2. The Balaban J connectivity index is 6.14. The van der Waals surface area contributed by atoms with Crippen molar-refractivity contribution >= 4 is 17.1 Å². The third-order valence-electron chi connectivity index (χ3n) is 4.80. The van der Waals surface area contributed by atoms with Crippen molar-refractivity contribution in [2.75, 3.05) is 26.4 Å². The Hall–Kier alpha value is -0.246. The molecule has 0 heterocycles. The lowest BCUT2D eigenvalue weighted by Crippen LogP contribution is -2.60. The van der Waals surface area contributed by atoms with Crippen LogP contribution in [0.4, 0.5) is 0 Å². The van der Waals surface area contributed by atoms with E-state index in [2.05, 4.69) is 72.8 Å². The Labute approximate surface area is 177 Å². The number of hydrogen-bond donors (Lipinski definition) is 0. The minimum atomic E-state index is -2.56. The second kappa shape index (κ2) is 16.5. The number of hydrogen-bond acceptors (Lipinski definition) is 4. The molecule has 6 heteroatoms. The van der Waals surface area contributed by atoms with Crippen molar-refractivity contribution in [3.63, 3.8) is 0 Å². The lowest BCUT2D eigenvalue weighted by molar-refractivity contribution is 0.138. The van der Waals surface area contributed by atoms with Gasteiger partial charge in [-0.15, -0.1) is 0 Å². The molecule has 0 atom stereocenters. The van der Waals surface area contributed by atoms with Gasteiger partial charge < -0.3 is 17.7 Å². The number of allylic oxidation sites excluding steroid dienone is 4. The first-order chi connectivity index (χ1) is 13.5. The minimum Gasteiger partial charge on any atom is -0.394 e. The summed E-state index contributed by atoms with van der Waals surface area (Å²) in [6.07, 6.45) is 12.6. The van der Waals surface area contributed by atoms with Gasteiger partial charge in [-0.05, 0) is 39.5 Å². The second-order valence-electron chi connectivity index (χ2n) is 7.29. The van der Waals surface area contributed by atoms with E-state index in [9.17, 15) is 0 Å². The van der Waals surface area contributed by atoms with Gasteiger partial charge in [0.15, 0.2) is 0 Å². The molecule has 0 aliphatic heterocycles. The summed E-state index contributed by atoms with van der Waals surface area (Å²) >= 11 is 0. The van der Waals surface area contributed by atoms with Gasteiger partial charge in [-0.3, -0.25) is 0 Å². The zero-order chi connectivity index (χ0) is 21.3. The molecule has 0 radical (unpaired) electrons. The second-order valence-corrected chi connectivity index (χ2v) is 14.8. The molecule has 166 valence electrons. The molecule has 4 nitrogen and oxygen atoms in total. The average Bonchev–Trinajstić information content (AvgIpc) is 2.73. The van der Waals surface area contributed by atoms with Crippen molar-refractivity contribution in [1.82, 2.24) is 0 Å². The van der Waals surface area contributed by atoms with E-state index in [1.165, 1.54) is 0 Å². The smallest absolute Gasteiger partial charge is 0.346 e. The number of rotatable bonds is 18. The van der Waals surface area contributed by atoms with Crippen molar-refractivity contribution < 1.29 is 17.7 Å². The molecular weight excluding hydrogens is 384 g/mol. The first-order valence-corrected chi connectivity index (χ1v) is 15.5. The summed E-state index contributed by atoms with van der Waals surface area (Å²) in [5, 5.41) is 0.170. The highest BCUT2D eigenvalue weighted by Crippen LogP contribution is 2.40. The van der Waals surface area contributed by atoms with Gasteiger partial charge in [-0.2, -0.15) is 0 Å². The quantitative estimate of drug-likeness (QED) is 0.180. The summed E-state index contributed by atoms with van der Waals surface area (Å²) in [6, 6.07) is 1.69. The molecule has 0 saturated carbocycles. The first kappa shape index (κ1) is 27.8. The molecule has 0 aliphatic carbocycles.